The average molecular weight is 270 g/mol. The Bertz CT molecular complexity index is 604. The van der Waals surface area contributed by atoms with Crippen LogP contribution in [-0.4, -0.2) is 5.97 Å². The van der Waals surface area contributed by atoms with Crippen LogP contribution in [0.3, 0.4) is 0 Å². The Morgan fingerprint density at radius 1 is 1.11 bits per heavy atom. The van der Waals surface area contributed by atoms with Crippen molar-refractivity contribution in [2.45, 2.75) is 23.5 Å². The van der Waals surface area contributed by atoms with Crippen molar-refractivity contribution < 1.29 is 9.53 Å². The second-order valence-corrected chi connectivity index (χ2v) is 5.91. The van der Waals surface area contributed by atoms with E-state index in [1.165, 1.54) is 10.5 Å². The van der Waals surface area contributed by atoms with Crippen LogP contribution >= 0.6 is 11.8 Å². The van der Waals surface area contributed by atoms with Gasteiger partial charge in [-0.25, -0.2) is 0 Å². The van der Waals surface area contributed by atoms with Crippen LogP contribution in [-0.2, 0) is 4.79 Å². The topological polar surface area (TPSA) is 26.3 Å². The van der Waals surface area contributed by atoms with E-state index < -0.39 is 0 Å². The number of ether oxygens (including phenoxy) is 1. The molecule has 3 heteroatoms. The molecule has 96 valence electrons. The van der Waals surface area contributed by atoms with Crippen LogP contribution in [0.4, 0.5) is 0 Å². The number of hydrogen-bond donors (Lipinski definition) is 0. The van der Waals surface area contributed by atoms with Crippen LogP contribution in [0.15, 0.2) is 53.4 Å². The van der Waals surface area contributed by atoms with Crippen LogP contribution in [0.2, 0.25) is 0 Å². The number of thioether (sulfide) groups is 1. The van der Waals surface area contributed by atoms with Gasteiger partial charge in [0.1, 0.15) is 5.75 Å². The van der Waals surface area contributed by atoms with Crippen LogP contribution in [0.25, 0.3) is 0 Å². The van der Waals surface area contributed by atoms with Crippen LogP contribution in [0.1, 0.15) is 22.8 Å². The van der Waals surface area contributed by atoms with Crippen molar-refractivity contribution in [3.8, 4) is 5.75 Å². The summed E-state index contributed by atoms with van der Waals surface area (Å²) >= 11 is 1.72. The maximum absolute atomic E-state index is 11.6. The first kappa shape index (κ1) is 12.3. The van der Waals surface area contributed by atoms with E-state index in [-0.39, 0.29) is 11.2 Å². The molecule has 0 bridgehead atoms. The minimum Gasteiger partial charge on any atom is -0.426 e. The number of carbonyl (C=O) groups is 1. The molecule has 1 unspecified atom stereocenters. The number of benzene rings is 2. The molecule has 0 aliphatic carbocycles. The van der Waals surface area contributed by atoms with Gasteiger partial charge >= 0.3 is 5.97 Å². The zero-order valence-corrected chi connectivity index (χ0v) is 11.4. The predicted octanol–water partition coefficient (Wildman–Crippen LogP) is 4.14. The molecule has 0 saturated carbocycles. The third kappa shape index (κ3) is 2.66. The second kappa shape index (κ2) is 5.10. The molecule has 0 aromatic heterocycles. The van der Waals surface area contributed by atoms with E-state index >= 15 is 0 Å². The highest BCUT2D eigenvalue weighted by Gasteiger charge is 2.27. The molecule has 0 spiro atoms. The molecule has 0 saturated heterocycles. The fraction of sp³-hybridized carbons (Fsp3) is 0.188. The molecule has 19 heavy (non-hydrogen) atoms. The number of para-hydroxylation sites is 1. The summed E-state index contributed by atoms with van der Waals surface area (Å²) < 4.78 is 5.27. The summed E-state index contributed by atoms with van der Waals surface area (Å²) in [5, 5.41) is 0.139. The molecular formula is C16H14O2S. The number of fused-ring (bicyclic) bond motifs is 1. The maximum Gasteiger partial charge on any atom is 0.312 e. The Labute approximate surface area is 116 Å². The number of carbonyl (C=O) groups excluding carboxylic acids is 1. The van der Waals surface area contributed by atoms with E-state index in [2.05, 4.69) is 31.2 Å². The standard InChI is InChI=1S/C16H14O2S/c1-11-6-8-12(9-7-11)19-15-10-16(17)18-14-5-3-2-4-13(14)15/h2-9,15H,10H2,1H3. The van der Waals surface area contributed by atoms with Gasteiger partial charge in [0.25, 0.3) is 0 Å². The molecule has 0 N–H and O–H groups in total. The zero-order valence-electron chi connectivity index (χ0n) is 10.6. The summed E-state index contributed by atoms with van der Waals surface area (Å²) in [6.45, 7) is 2.07. The first-order valence-electron chi connectivity index (χ1n) is 6.25. The van der Waals surface area contributed by atoms with Gasteiger partial charge in [-0.05, 0) is 25.1 Å². The average Bonchev–Trinajstić information content (AvgIpc) is 2.41. The first-order valence-corrected chi connectivity index (χ1v) is 7.13. The molecule has 1 aliphatic rings. The number of hydrogen-bond acceptors (Lipinski definition) is 3. The third-order valence-corrected chi connectivity index (χ3v) is 4.39. The zero-order chi connectivity index (χ0) is 13.2. The smallest absolute Gasteiger partial charge is 0.312 e. The van der Waals surface area contributed by atoms with Gasteiger partial charge in [0.05, 0.1) is 6.42 Å². The number of aryl methyl sites for hydroxylation is 1. The highest BCUT2D eigenvalue weighted by atomic mass is 32.2. The number of rotatable bonds is 2. The molecule has 2 aromatic rings. The Morgan fingerprint density at radius 2 is 1.84 bits per heavy atom. The molecule has 1 atom stereocenters. The Hall–Kier alpha value is -1.74. The molecule has 1 heterocycles. The molecule has 3 rings (SSSR count). The third-order valence-electron chi connectivity index (χ3n) is 3.14. The lowest BCUT2D eigenvalue weighted by Gasteiger charge is -2.23. The van der Waals surface area contributed by atoms with Gasteiger partial charge in [0.2, 0.25) is 0 Å². The Balaban J connectivity index is 1.89. The summed E-state index contributed by atoms with van der Waals surface area (Å²) in [6.07, 6.45) is 0.426. The van der Waals surface area contributed by atoms with E-state index in [0.29, 0.717) is 12.2 Å². The molecular weight excluding hydrogens is 256 g/mol. The summed E-state index contributed by atoms with van der Waals surface area (Å²) in [6, 6.07) is 16.2. The summed E-state index contributed by atoms with van der Waals surface area (Å²) in [4.78, 5) is 12.8. The summed E-state index contributed by atoms with van der Waals surface area (Å²) in [7, 11) is 0. The lowest BCUT2D eigenvalue weighted by atomic mass is 10.1. The lowest BCUT2D eigenvalue weighted by molar-refractivity contribution is -0.135. The van der Waals surface area contributed by atoms with Crippen LogP contribution in [0.5, 0.6) is 5.75 Å². The minimum absolute atomic E-state index is 0.139. The second-order valence-electron chi connectivity index (χ2n) is 4.64. The lowest BCUT2D eigenvalue weighted by Crippen LogP contribution is -2.18. The van der Waals surface area contributed by atoms with Gasteiger partial charge in [-0.1, -0.05) is 35.9 Å². The van der Waals surface area contributed by atoms with Crippen molar-refractivity contribution >= 4 is 17.7 Å². The van der Waals surface area contributed by atoms with Gasteiger partial charge in [0.15, 0.2) is 0 Å². The first-order chi connectivity index (χ1) is 9.22. The SMILES string of the molecule is Cc1ccc(SC2CC(=O)Oc3ccccc32)cc1. The van der Waals surface area contributed by atoms with E-state index in [9.17, 15) is 4.79 Å². The summed E-state index contributed by atoms with van der Waals surface area (Å²) in [5.41, 5.74) is 2.35. The normalized spacial score (nSPS) is 17.7. The van der Waals surface area contributed by atoms with Crippen LogP contribution < -0.4 is 4.74 Å². The quantitative estimate of drug-likeness (QED) is 0.606. The molecule has 0 amide bonds. The van der Waals surface area contributed by atoms with E-state index in [1.807, 2.05) is 24.3 Å². The van der Waals surface area contributed by atoms with Gasteiger partial charge < -0.3 is 4.74 Å². The van der Waals surface area contributed by atoms with Crippen molar-refractivity contribution in [1.29, 1.82) is 0 Å². The van der Waals surface area contributed by atoms with Crippen molar-refractivity contribution in [2.75, 3.05) is 0 Å². The number of esters is 1. The van der Waals surface area contributed by atoms with E-state index in [1.54, 1.807) is 11.8 Å². The molecule has 0 radical (unpaired) electrons. The van der Waals surface area contributed by atoms with Crippen molar-refractivity contribution in [3.05, 3.63) is 59.7 Å². The van der Waals surface area contributed by atoms with Gasteiger partial charge in [0, 0.05) is 15.7 Å². The molecule has 0 fully saturated rings. The largest absolute Gasteiger partial charge is 0.426 e. The molecule has 2 nitrogen and oxygen atoms in total. The minimum atomic E-state index is -0.150. The highest BCUT2D eigenvalue weighted by Crippen LogP contribution is 2.44. The van der Waals surface area contributed by atoms with Crippen LogP contribution in [0, 0.1) is 6.92 Å². The summed E-state index contributed by atoms with van der Waals surface area (Å²) in [5.74, 6) is 0.548. The van der Waals surface area contributed by atoms with Gasteiger partial charge in [-0.15, -0.1) is 11.8 Å². The predicted molar refractivity (Wildman–Crippen MR) is 76.5 cm³/mol. The fourth-order valence-corrected chi connectivity index (χ4v) is 3.31. The molecule has 2 aromatic carbocycles. The van der Waals surface area contributed by atoms with Gasteiger partial charge in [-0.2, -0.15) is 0 Å². The fourth-order valence-electron chi connectivity index (χ4n) is 2.15. The van der Waals surface area contributed by atoms with Crippen molar-refractivity contribution in [3.63, 3.8) is 0 Å². The van der Waals surface area contributed by atoms with Crippen molar-refractivity contribution in [1.82, 2.24) is 0 Å². The van der Waals surface area contributed by atoms with E-state index in [0.717, 1.165) is 5.56 Å². The Morgan fingerprint density at radius 3 is 2.63 bits per heavy atom. The maximum atomic E-state index is 11.6. The highest BCUT2D eigenvalue weighted by molar-refractivity contribution is 7.99. The van der Waals surface area contributed by atoms with Gasteiger partial charge in [-0.3, -0.25) is 4.79 Å². The molecule has 1 aliphatic heterocycles. The monoisotopic (exact) mass is 270 g/mol. The Kier molecular flexibility index (Phi) is 3.30. The van der Waals surface area contributed by atoms with E-state index in [4.69, 9.17) is 4.74 Å². The van der Waals surface area contributed by atoms with Crippen molar-refractivity contribution in [2.24, 2.45) is 0 Å².